The SMILES string of the molecule is c1ccc(-c2cc(-c3ccccc3)nc(-c3cccc(-c4cccc5oc6ccc(-c7ccc8c(c7)c7ccccc7n8-c7ccccc7)cc6c45)c3)n2)cc1. The fourth-order valence-electron chi connectivity index (χ4n) is 8.17. The van der Waals surface area contributed by atoms with Gasteiger partial charge in [-0.1, -0.05) is 140 Å². The van der Waals surface area contributed by atoms with Crippen molar-refractivity contribution in [1.82, 2.24) is 14.5 Å². The first-order chi connectivity index (χ1) is 27.7. The van der Waals surface area contributed by atoms with Crippen molar-refractivity contribution >= 4 is 43.7 Å². The van der Waals surface area contributed by atoms with Crippen LogP contribution in [-0.2, 0) is 0 Å². The lowest BCUT2D eigenvalue weighted by Gasteiger charge is -2.11. The number of nitrogens with zero attached hydrogens (tertiary/aromatic N) is 3. The van der Waals surface area contributed by atoms with E-state index in [2.05, 4.69) is 168 Å². The minimum atomic E-state index is 0.683. The van der Waals surface area contributed by atoms with Crippen LogP contribution in [0.15, 0.2) is 205 Å². The molecule has 0 aliphatic heterocycles. The molecule has 0 unspecified atom stereocenters. The Kier molecular flexibility index (Phi) is 7.46. The number of benzene rings is 8. The average molecular weight is 716 g/mol. The number of fused-ring (bicyclic) bond motifs is 6. The molecular formula is C52H33N3O. The highest BCUT2D eigenvalue weighted by Gasteiger charge is 2.17. The van der Waals surface area contributed by atoms with E-state index >= 15 is 0 Å². The minimum Gasteiger partial charge on any atom is -0.456 e. The quantitative estimate of drug-likeness (QED) is 0.172. The highest BCUT2D eigenvalue weighted by molar-refractivity contribution is 6.14. The van der Waals surface area contributed by atoms with Crippen LogP contribution in [0.3, 0.4) is 0 Å². The number of rotatable bonds is 6. The predicted molar refractivity (Wildman–Crippen MR) is 231 cm³/mol. The summed E-state index contributed by atoms with van der Waals surface area (Å²) in [5.41, 5.74) is 14.6. The Bertz CT molecular complexity index is 3180. The molecule has 4 heteroatoms. The lowest BCUT2D eigenvalue weighted by Crippen LogP contribution is -1.96. The summed E-state index contributed by atoms with van der Waals surface area (Å²) in [6, 6.07) is 70.2. The molecule has 56 heavy (non-hydrogen) atoms. The normalized spacial score (nSPS) is 11.6. The van der Waals surface area contributed by atoms with E-state index in [1.807, 2.05) is 36.4 Å². The first kappa shape index (κ1) is 31.9. The molecule has 4 nitrogen and oxygen atoms in total. The van der Waals surface area contributed by atoms with Crippen LogP contribution >= 0.6 is 0 Å². The Morgan fingerprint density at radius 2 is 0.946 bits per heavy atom. The largest absolute Gasteiger partial charge is 0.456 e. The van der Waals surface area contributed by atoms with Crippen molar-refractivity contribution in [3.8, 4) is 61.8 Å². The monoisotopic (exact) mass is 715 g/mol. The second-order valence-electron chi connectivity index (χ2n) is 14.2. The molecule has 0 aliphatic rings. The first-order valence-corrected chi connectivity index (χ1v) is 18.9. The molecule has 3 heterocycles. The highest BCUT2D eigenvalue weighted by Crippen LogP contribution is 2.41. The summed E-state index contributed by atoms with van der Waals surface area (Å²) in [5, 5.41) is 4.64. The van der Waals surface area contributed by atoms with Crippen LogP contribution in [0.5, 0.6) is 0 Å². The Labute approximate surface area is 323 Å². The van der Waals surface area contributed by atoms with Crippen molar-refractivity contribution in [3.63, 3.8) is 0 Å². The van der Waals surface area contributed by atoms with Gasteiger partial charge in [0.05, 0.1) is 22.4 Å². The smallest absolute Gasteiger partial charge is 0.160 e. The van der Waals surface area contributed by atoms with E-state index in [0.29, 0.717) is 5.82 Å². The summed E-state index contributed by atoms with van der Waals surface area (Å²) in [4.78, 5) is 10.2. The molecule has 11 rings (SSSR count). The number of aromatic nitrogens is 3. The fourth-order valence-corrected chi connectivity index (χ4v) is 8.17. The van der Waals surface area contributed by atoms with Gasteiger partial charge in [0.2, 0.25) is 0 Å². The van der Waals surface area contributed by atoms with E-state index < -0.39 is 0 Å². The van der Waals surface area contributed by atoms with Gasteiger partial charge in [-0.3, -0.25) is 0 Å². The minimum absolute atomic E-state index is 0.683. The van der Waals surface area contributed by atoms with Crippen LogP contribution in [0.1, 0.15) is 0 Å². The molecule has 0 saturated carbocycles. The maximum absolute atomic E-state index is 6.50. The van der Waals surface area contributed by atoms with E-state index in [1.165, 1.54) is 21.8 Å². The van der Waals surface area contributed by atoms with Crippen LogP contribution in [-0.4, -0.2) is 14.5 Å². The highest BCUT2D eigenvalue weighted by atomic mass is 16.3. The molecule has 0 fully saturated rings. The molecule has 8 aromatic carbocycles. The van der Waals surface area contributed by atoms with E-state index in [0.717, 1.165) is 78.0 Å². The zero-order valence-electron chi connectivity index (χ0n) is 30.3. The van der Waals surface area contributed by atoms with Gasteiger partial charge >= 0.3 is 0 Å². The van der Waals surface area contributed by atoms with Gasteiger partial charge in [-0.25, -0.2) is 9.97 Å². The zero-order valence-corrected chi connectivity index (χ0v) is 30.3. The zero-order chi connectivity index (χ0) is 37.0. The van der Waals surface area contributed by atoms with Gasteiger partial charge in [0, 0.05) is 43.9 Å². The molecule has 3 aromatic heterocycles. The number of furan rings is 1. The fraction of sp³-hybridized carbons (Fsp3) is 0. The molecule has 11 aromatic rings. The van der Waals surface area contributed by atoms with Gasteiger partial charge in [0.1, 0.15) is 11.2 Å². The third kappa shape index (κ3) is 5.39. The summed E-state index contributed by atoms with van der Waals surface area (Å²) in [6.45, 7) is 0. The topological polar surface area (TPSA) is 43.9 Å². The Hall–Kier alpha value is -7.56. The molecule has 0 N–H and O–H groups in total. The van der Waals surface area contributed by atoms with Crippen molar-refractivity contribution in [2.45, 2.75) is 0 Å². The van der Waals surface area contributed by atoms with Crippen molar-refractivity contribution in [2.75, 3.05) is 0 Å². The van der Waals surface area contributed by atoms with Gasteiger partial charge < -0.3 is 8.98 Å². The molecule has 0 aliphatic carbocycles. The summed E-state index contributed by atoms with van der Waals surface area (Å²) < 4.78 is 8.86. The lowest BCUT2D eigenvalue weighted by atomic mass is 9.96. The van der Waals surface area contributed by atoms with Gasteiger partial charge in [-0.15, -0.1) is 0 Å². The van der Waals surface area contributed by atoms with Gasteiger partial charge in [0.15, 0.2) is 5.82 Å². The predicted octanol–water partition coefficient (Wildman–Crippen LogP) is 13.8. The lowest BCUT2D eigenvalue weighted by molar-refractivity contribution is 0.669. The first-order valence-electron chi connectivity index (χ1n) is 18.9. The van der Waals surface area contributed by atoms with E-state index in [4.69, 9.17) is 14.4 Å². The summed E-state index contributed by atoms with van der Waals surface area (Å²) in [5.74, 6) is 0.683. The van der Waals surface area contributed by atoms with Crippen LogP contribution < -0.4 is 0 Å². The van der Waals surface area contributed by atoms with Crippen molar-refractivity contribution < 1.29 is 4.42 Å². The van der Waals surface area contributed by atoms with Gasteiger partial charge in [-0.05, 0) is 82.9 Å². The second kappa shape index (κ2) is 13.1. The average Bonchev–Trinajstić information content (AvgIpc) is 3.82. The van der Waals surface area contributed by atoms with Crippen LogP contribution in [0.4, 0.5) is 0 Å². The molecule has 0 atom stereocenters. The summed E-state index contributed by atoms with van der Waals surface area (Å²) in [6.07, 6.45) is 0. The standard InChI is InChI=1S/C52H33N3O/c1-4-14-34(15-5-1)45-33-46(35-16-6-2-7-17-35)54-52(53-45)39-19-12-18-38(30-39)41-23-13-25-50-51(41)44-32-37(27-29-49(44)56-50)36-26-28-48-43(31-36)42-22-10-11-24-47(42)55(48)40-20-8-3-9-21-40/h1-33H. The second-order valence-corrected chi connectivity index (χ2v) is 14.2. The third-order valence-electron chi connectivity index (χ3n) is 10.8. The maximum Gasteiger partial charge on any atom is 0.160 e. The molecule has 0 saturated heterocycles. The van der Waals surface area contributed by atoms with E-state index in [-0.39, 0.29) is 0 Å². The Balaban J connectivity index is 1.04. The van der Waals surface area contributed by atoms with Crippen molar-refractivity contribution in [3.05, 3.63) is 200 Å². The summed E-state index contributed by atoms with van der Waals surface area (Å²) in [7, 11) is 0. The summed E-state index contributed by atoms with van der Waals surface area (Å²) >= 11 is 0. The van der Waals surface area contributed by atoms with Crippen LogP contribution in [0, 0.1) is 0 Å². The molecule has 0 bridgehead atoms. The Morgan fingerprint density at radius 3 is 1.70 bits per heavy atom. The van der Waals surface area contributed by atoms with Crippen LogP contribution in [0.25, 0.3) is 106 Å². The third-order valence-corrected chi connectivity index (χ3v) is 10.8. The van der Waals surface area contributed by atoms with Gasteiger partial charge in [0.25, 0.3) is 0 Å². The number of hydrogen-bond acceptors (Lipinski definition) is 3. The van der Waals surface area contributed by atoms with Gasteiger partial charge in [-0.2, -0.15) is 0 Å². The van der Waals surface area contributed by atoms with Crippen LogP contribution in [0.2, 0.25) is 0 Å². The molecule has 0 radical (unpaired) electrons. The number of hydrogen-bond donors (Lipinski definition) is 0. The molecule has 0 spiro atoms. The maximum atomic E-state index is 6.50. The molecular weight excluding hydrogens is 683 g/mol. The van der Waals surface area contributed by atoms with Crippen molar-refractivity contribution in [1.29, 1.82) is 0 Å². The molecule has 0 amide bonds. The molecule has 262 valence electrons. The van der Waals surface area contributed by atoms with Crippen molar-refractivity contribution in [2.24, 2.45) is 0 Å². The van der Waals surface area contributed by atoms with E-state index in [9.17, 15) is 0 Å². The number of para-hydroxylation sites is 2. The Morgan fingerprint density at radius 1 is 0.357 bits per heavy atom. The van der Waals surface area contributed by atoms with E-state index in [1.54, 1.807) is 0 Å².